The van der Waals surface area contributed by atoms with Crippen LogP contribution in [0, 0.1) is 0 Å². The number of nitrogens with one attached hydrogen (secondary N) is 1. The van der Waals surface area contributed by atoms with E-state index in [-0.39, 0.29) is 11.9 Å². The Morgan fingerprint density at radius 1 is 0.943 bits per heavy atom. The summed E-state index contributed by atoms with van der Waals surface area (Å²) in [7, 11) is -7.33. The first kappa shape index (κ1) is 26.4. The lowest BCUT2D eigenvalue weighted by molar-refractivity contribution is 0.490. The minimum atomic E-state index is -3.67. The van der Waals surface area contributed by atoms with Gasteiger partial charge in [-0.1, -0.05) is 50.2 Å². The summed E-state index contributed by atoms with van der Waals surface area (Å²) in [6.07, 6.45) is 0.715. The van der Waals surface area contributed by atoms with E-state index in [9.17, 15) is 16.8 Å². The van der Waals surface area contributed by atoms with Crippen LogP contribution < -0.4 is 5.73 Å². The number of fused-ring (bicyclic) bond motifs is 1. The van der Waals surface area contributed by atoms with E-state index in [4.69, 9.17) is 15.3 Å². The normalized spacial score (nSPS) is 12.2. The van der Waals surface area contributed by atoms with Gasteiger partial charge in [-0.05, 0) is 26.0 Å². The second kappa shape index (κ2) is 9.80. The second-order valence-electron chi connectivity index (χ2n) is 8.63. The monoisotopic (exact) mass is 519 g/mol. The quantitative estimate of drug-likeness (QED) is 0.335. The highest BCUT2D eigenvalue weighted by Gasteiger charge is 2.25. The summed E-state index contributed by atoms with van der Waals surface area (Å²) in [4.78, 5) is 12.5. The Balaban J connectivity index is 0.000000623. The molecule has 2 heterocycles. The van der Waals surface area contributed by atoms with E-state index in [1.165, 1.54) is 0 Å². The zero-order valence-corrected chi connectivity index (χ0v) is 21.7. The summed E-state index contributed by atoms with van der Waals surface area (Å²) in [5.41, 5.74) is 10.4. The highest BCUT2D eigenvalue weighted by atomic mass is 32.2. The highest BCUT2D eigenvalue weighted by molar-refractivity contribution is 7.90. The molecule has 0 aliphatic heterocycles. The molecule has 4 rings (SSSR count). The van der Waals surface area contributed by atoms with Crippen molar-refractivity contribution in [2.24, 2.45) is 0 Å². The number of rotatable bonds is 5. The van der Waals surface area contributed by atoms with Gasteiger partial charge < -0.3 is 10.7 Å². The number of imidazole rings is 2. The molecule has 12 heteroatoms. The number of benzene rings is 2. The Morgan fingerprint density at radius 2 is 1.54 bits per heavy atom. The Morgan fingerprint density at radius 3 is 2.09 bits per heavy atom. The van der Waals surface area contributed by atoms with Gasteiger partial charge in [0.2, 0.25) is 16.0 Å². The third kappa shape index (κ3) is 5.89. The summed E-state index contributed by atoms with van der Waals surface area (Å²) in [6.45, 7) is 7.40. The van der Waals surface area contributed by atoms with Gasteiger partial charge in [-0.15, -0.1) is 0 Å². The molecular weight excluding hydrogens is 490 g/mol. The molecule has 4 aromatic rings. The van der Waals surface area contributed by atoms with Crippen molar-refractivity contribution >= 4 is 37.1 Å². The van der Waals surface area contributed by atoms with Crippen molar-refractivity contribution in [3.8, 4) is 22.5 Å². The van der Waals surface area contributed by atoms with Gasteiger partial charge in [0.25, 0.3) is 10.1 Å². The van der Waals surface area contributed by atoms with Crippen molar-refractivity contribution in [3.05, 3.63) is 54.4 Å². The van der Waals surface area contributed by atoms with Gasteiger partial charge in [0.05, 0.1) is 33.9 Å². The molecule has 0 fully saturated rings. The summed E-state index contributed by atoms with van der Waals surface area (Å²) < 4.78 is 52.8. The molecule has 2 aromatic heterocycles. The van der Waals surface area contributed by atoms with Crippen LogP contribution in [0.2, 0.25) is 0 Å². The van der Waals surface area contributed by atoms with E-state index in [1.54, 1.807) is 26.0 Å². The summed E-state index contributed by atoms with van der Waals surface area (Å²) in [5.74, 6) is 1.04. The molecule has 0 saturated heterocycles. The van der Waals surface area contributed by atoms with Crippen LogP contribution in [0.3, 0.4) is 0 Å². The molecule has 0 radical (unpaired) electrons. The van der Waals surface area contributed by atoms with Crippen LogP contribution in [0.5, 0.6) is 0 Å². The average molecular weight is 520 g/mol. The smallest absolute Gasteiger partial charge is 0.261 e. The molecule has 2 aromatic carbocycles. The number of nitrogens with zero attached hydrogens (tertiary/aromatic N) is 3. The Kier molecular flexibility index (Phi) is 7.39. The third-order valence-electron chi connectivity index (χ3n) is 5.09. The van der Waals surface area contributed by atoms with Crippen LogP contribution in [0.25, 0.3) is 33.5 Å². The number of H-pyrrole nitrogens is 1. The van der Waals surface area contributed by atoms with E-state index in [0.717, 1.165) is 32.3 Å². The van der Waals surface area contributed by atoms with Crippen molar-refractivity contribution in [1.29, 1.82) is 0 Å². The van der Waals surface area contributed by atoms with Crippen LogP contribution >= 0.6 is 0 Å². The lowest BCUT2D eigenvalue weighted by atomic mass is 10.0. The maximum atomic E-state index is 12.9. The molecule has 0 atom stereocenters. The maximum Gasteiger partial charge on any atom is 0.261 e. The average Bonchev–Trinajstić information content (AvgIpc) is 3.33. The van der Waals surface area contributed by atoms with Crippen molar-refractivity contribution < 1.29 is 21.4 Å². The number of aromatic nitrogens is 4. The first-order valence-electron chi connectivity index (χ1n) is 10.8. The molecule has 35 heavy (non-hydrogen) atoms. The molecule has 0 spiro atoms. The van der Waals surface area contributed by atoms with Crippen LogP contribution in [0.15, 0.2) is 48.5 Å². The third-order valence-corrected chi connectivity index (χ3v) is 7.18. The van der Waals surface area contributed by atoms with E-state index >= 15 is 0 Å². The van der Waals surface area contributed by atoms with Crippen LogP contribution in [0.1, 0.15) is 39.4 Å². The minimum Gasteiger partial charge on any atom is -0.368 e. The molecule has 0 amide bonds. The fourth-order valence-electron chi connectivity index (χ4n) is 3.39. The standard InChI is InChI=1S/C22H25N5O2S.CH4O3S/c1-13(2)21-25-19(15-8-6-5-7-9-15)20(26-21)16-10-11-17-18(12-16)27(22(23)24-17)30(28,29)14(3)4;1-5(2,3)4/h5-14H,1-4H3,(H2,23,24)(H,25,26);1H3,(H,2,3,4). The van der Waals surface area contributed by atoms with Crippen LogP contribution in [0.4, 0.5) is 5.95 Å². The highest BCUT2D eigenvalue weighted by Crippen LogP contribution is 2.34. The van der Waals surface area contributed by atoms with Gasteiger partial charge in [-0.2, -0.15) is 8.42 Å². The van der Waals surface area contributed by atoms with Gasteiger partial charge in [0, 0.05) is 17.0 Å². The fourth-order valence-corrected chi connectivity index (χ4v) is 4.53. The number of nitrogens with two attached hydrogens (primary N) is 1. The van der Waals surface area contributed by atoms with Crippen molar-refractivity contribution in [2.45, 2.75) is 38.9 Å². The number of nitrogen functional groups attached to an aromatic ring is 1. The van der Waals surface area contributed by atoms with Gasteiger partial charge in [-0.25, -0.2) is 22.4 Å². The number of hydrogen-bond acceptors (Lipinski definition) is 7. The molecule has 0 saturated carbocycles. The molecule has 4 N–H and O–H groups in total. The van der Waals surface area contributed by atoms with E-state index in [1.807, 2.05) is 36.4 Å². The van der Waals surface area contributed by atoms with Crippen LogP contribution in [-0.2, 0) is 20.1 Å². The fraction of sp³-hybridized carbons (Fsp3) is 0.304. The molecule has 0 aliphatic rings. The van der Waals surface area contributed by atoms with Crippen LogP contribution in [-0.4, -0.2) is 51.8 Å². The summed E-state index contributed by atoms with van der Waals surface area (Å²) in [5, 5.41) is -0.626. The number of hydrogen-bond donors (Lipinski definition) is 3. The zero-order chi connectivity index (χ0) is 26.1. The first-order valence-corrected chi connectivity index (χ1v) is 14.2. The predicted octanol–water partition coefficient (Wildman–Crippen LogP) is 3.89. The lowest BCUT2D eigenvalue weighted by Gasteiger charge is -2.11. The SMILES string of the molecule is CC(C)c1nc(-c2ccc3nc(N)n(S(=O)(=O)C(C)C)c3c2)c(-c2ccccc2)[nH]1.CS(=O)(=O)O. The first-order chi connectivity index (χ1) is 16.2. The number of anilines is 1. The predicted molar refractivity (Wildman–Crippen MR) is 138 cm³/mol. The van der Waals surface area contributed by atoms with Crippen molar-refractivity contribution in [1.82, 2.24) is 18.9 Å². The van der Waals surface area contributed by atoms with E-state index < -0.39 is 25.4 Å². The van der Waals surface area contributed by atoms with Gasteiger partial charge in [0.15, 0.2) is 0 Å². The number of aromatic amines is 1. The molecule has 0 bridgehead atoms. The van der Waals surface area contributed by atoms with Gasteiger partial charge >= 0.3 is 0 Å². The molecule has 0 unspecified atom stereocenters. The molecule has 188 valence electrons. The van der Waals surface area contributed by atoms with Crippen molar-refractivity contribution in [3.63, 3.8) is 0 Å². The van der Waals surface area contributed by atoms with Gasteiger partial charge in [0.1, 0.15) is 5.82 Å². The summed E-state index contributed by atoms with van der Waals surface area (Å²) >= 11 is 0. The summed E-state index contributed by atoms with van der Waals surface area (Å²) in [6, 6.07) is 15.4. The largest absolute Gasteiger partial charge is 0.368 e. The van der Waals surface area contributed by atoms with Gasteiger partial charge in [-0.3, -0.25) is 4.55 Å². The Hall–Kier alpha value is -3.22. The molecule has 10 nitrogen and oxygen atoms in total. The topological polar surface area (TPSA) is 161 Å². The van der Waals surface area contributed by atoms with E-state index in [2.05, 4.69) is 23.8 Å². The second-order valence-corrected chi connectivity index (χ2v) is 12.4. The molecule has 0 aliphatic carbocycles. The zero-order valence-electron chi connectivity index (χ0n) is 20.1. The maximum absolute atomic E-state index is 12.9. The minimum absolute atomic E-state index is 0.0379. The Bertz CT molecular complexity index is 1550. The van der Waals surface area contributed by atoms with Crippen molar-refractivity contribution in [2.75, 3.05) is 12.0 Å². The lowest BCUT2D eigenvalue weighted by Crippen LogP contribution is -2.23. The Labute approximate surface area is 205 Å². The molecular formula is C23H29N5O5S2. The van der Waals surface area contributed by atoms with E-state index in [0.29, 0.717) is 17.3 Å².